The first-order valence-corrected chi connectivity index (χ1v) is 7.12. The Balaban J connectivity index is 2.56. The minimum absolute atomic E-state index is 0.367. The van der Waals surface area contributed by atoms with Crippen LogP contribution in [0.25, 0.3) is 0 Å². The van der Waals surface area contributed by atoms with Gasteiger partial charge in [0.15, 0.2) is 0 Å². The van der Waals surface area contributed by atoms with Crippen LogP contribution in [0.5, 0.6) is 0 Å². The van der Waals surface area contributed by atoms with E-state index in [9.17, 15) is 18.0 Å². The van der Waals surface area contributed by atoms with Crippen molar-refractivity contribution >= 4 is 11.7 Å². The first-order valence-electron chi connectivity index (χ1n) is 7.12. The van der Waals surface area contributed by atoms with E-state index >= 15 is 0 Å². The van der Waals surface area contributed by atoms with E-state index in [0.717, 1.165) is 37.8 Å². The summed E-state index contributed by atoms with van der Waals surface area (Å²) < 4.78 is 37.4. The summed E-state index contributed by atoms with van der Waals surface area (Å²) in [6.45, 7) is 3.62. The number of anilines is 1. The molecule has 3 nitrogen and oxygen atoms in total. The molecule has 22 heavy (non-hydrogen) atoms. The highest BCUT2D eigenvalue weighted by molar-refractivity contribution is 5.77. The Morgan fingerprint density at radius 3 is 2.36 bits per heavy atom. The van der Waals surface area contributed by atoms with Crippen molar-refractivity contribution in [3.05, 3.63) is 42.5 Å². The number of unbranched alkanes of at least 4 members (excludes halogenated alkanes) is 3. The van der Waals surface area contributed by atoms with Crippen LogP contribution in [0.2, 0.25) is 0 Å². The van der Waals surface area contributed by atoms with Gasteiger partial charge in [0.05, 0.1) is 5.56 Å². The van der Waals surface area contributed by atoms with Crippen LogP contribution in [-0.2, 0) is 11.0 Å². The highest BCUT2D eigenvalue weighted by Crippen LogP contribution is 2.30. The predicted octanol–water partition coefficient (Wildman–Crippen LogP) is 4.71. The Bertz CT molecular complexity index is 483. The molecule has 122 valence electrons. The van der Waals surface area contributed by atoms with E-state index in [4.69, 9.17) is 5.11 Å². The van der Waals surface area contributed by atoms with Crippen LogP contribution in [0.15, 0.2) is 36.9 Å². The van der Waals surface area contributed by atoms with Crippen molar-refractivity contribution in [2.45, 2.75) is 44.3 Å². The average Bonchev–Trinajstić information content (AvgIpc) is 2.45. The van der Waals surface area contributed by atoms with Crippen molar-refractivity contribution in [2.24, 2.45) is 0 Å². The Morgan fingerprint density at radius 2 is 1.86 bits per heavy atom. The minimum atomic E-state index is -4.39. The normalized spacial score (nSPS) is 12.7. The second-order valence-corrected chi connectivity index (χ2v) is 5.04. The van der Waals surface area contributed by atoms with E-state index in [2.05, 4.69) is 11.9 Å². The molecule has 1 aromatic carbocycles. The average molecular weight is 315 g/mol. The van der Waals surface area contributed by atoms with Crippen molar-refractivity contribution in [3.63, 3.8) is 0 Å². The Hall–Kier alpha value is -1.98. The van der Waals surface area contributed by atoms with Gasteiger partial charge in [0, 0.05) is 5.69 Å². The third-order valence-electron chi connectivity index (χ3n) is 3.25. The maximum Gasteiger partial charge on any atom is 0.416 e. The van der Waals surface area contributed by atoms with Crippen molar-refractivity contribution in [2.75, 3.05) is 5.32 Å². The number of carboxylic acid groups (broad SMARTS) is 1. The first kappa shape index (κ1) is 18.1. The van der Waals surface area contributed by atoms with E-state index in [0.29, 0.717) is 12.1 Å². The number of carbonyl (C=O) groups is 1. The van der Waals surface area contributed by atoms with Crippen LogP contribution in [0.1, 0.15) is 37.7 Å². The molecule has 0 bridgehead atoms. The van der Waals surface area contributed by atoms with E-state index in [1.807, 2.05) is 6.08 Å². The van der Waals surface area contributed by atoms with E-state index < -0.39 is 23.8 Å². The van der Waals surface area contributed by atoms with Crippen molar-refractivity contribution in [1.29, 1.82) is 0 Å². The monoisotopic (exact) mass is 315 g/mol. The molecule has 1 rings (SSSR count). The number of hydrogen-bond acceptors (Lipinski definition) is 2. The van der Waals surface area contributed by atoms with E-state index in [1.54, 1.807) is 0 Å². The molecule has 0 fully saturated rings. The minimum Gasteiger partial charge on any atom is -0.480 e. The quantitative estimate of drug-likeness (QED) is 0.512. The molecule has 0 aliphatic heterocycles. The molecule has 0 amide bonds. The zero-order chi connectivity index (χ0) is 16.6. The summed E-state index contributed by atoms with van der Waals surface area (Å²) in [6, 6.07) is 3.56. The Labute approximate surface area is 127 Å². The molecule has 0 saturated carbocycles. The van der Waals surface area contributed by atoms with Crippen LogP contribution < -0.4 is 5.32 Å². The summed E-state index contributed by atoms with van der Waals surface area (Å²) >= 11 is 0. The molecule has 1 aromatic rings. The van der Waals surface area contributed by atoms with Gasteiger partial charge < -0.3 is 10.4 Å². The number of halogens is 3. The smallest absolute Gasteiger partial charge is 0.416 e. The fraction of sp³-hybridized carbons (Fsp3) is 0.438. The van der Waals surface area contributed by atoms with Gasteiger partial charge in [-0.25, -0.2) is 4.79 Å². The molecule has 0 aliphatic carbocycles. The fourth-order valence-electron chi connectivity index (χ4n) is 2.03. The lowest BCUT2D eigenvalue weighted by atomic mass is 10.1. The molecule has 0 saturated heterocycles. The SMILES string of the molecule is C=CCCCCCC(Nc1ccc(C(F)(F)F)cc1)C(=O)O. The van der Waals surface area contributed by atoms with Gasteiger partial charge in [-0.15, -0.1) is 6.58 Å². The number of carboxylic acids is 1. The highest BCUT2D eigenvalue weighted by atomic mass is 19.4. The molecule has 0 radical (unpaired) electrons. The third-order valence-corrected chi connectivity index (χ3v) is 3.25. The second-order valence-electron chi connectivity index (χ2n) is 5.04. The summed E-state index contributed by atoms with van der Waals surface area (Å²) in [5.74, 6) is -1.01. The Kier molecular flexibility index (Phi) is 6.95. The van der Waals surface area contributed by atoms with Crippen LogP contribution in [0.3, 0.4) is 0 Å². The number of hydrogen-bond donors (Lipinski definition) is 2. The maximum atomic E-state index is 12.5. The van der Waals surface area contributed by atoms with Gasteiger partial charge in [-0.2, -0.15) is 13.2 Å². The fourth-order valence-corrected chi connectivity index (χ4v) is 2.03. The molecular weight excluding hydrogens is 295 g/mol. The topological polar surface area (TPSA) is 49.3 Å². The summed E-state index contributed by atoms with van der Waals surface area (Å²) in [7, 11) is 0. The van der Waals surface area contributed by atoms with E-state index in [-0.39, 0.29) is 0 Å². The molecule has 2 N–H and O–H groups in total. The van der Waals surface area contributed by atoms with Crippen LogP contribution in [0.4, 0.5) is 18.9 Å². The molecule has 0 heterocycles. The van der Waals surface area contributed by atoms with Crippen molar-refractivity contribution in [1.82, 2.24) is 0 Å². The number of aliphatic carboxylic acids is 1. The molecule has 1 unspecified atom stereocenters. The lowest BCUT2D eigenvalue weighted by Gasteiger charge is -2.16. The summed E-state index contributed by atoms with van der Waals surface area (Å²) in [4.78, 5) is 11.2. The number of allylic oxidation sites excluding steroid dienone is 1. The van der Waals surface area contributed by atoms with Gasteiger partial charge in [0.2, 0.25) is 0 Å². The van der Waals surface area contributed by atoms with Gasteiger partial charge in [-0.3, -0.25) is 0 Å². The Morgan fingerprint density at radius 1 is 1.23 bits per heavy atom. The summed E-state index contributed by atoms with van der Waals surface area (Å²) in [5.41, 5.74) is -0.388. The van der Waals surface area contributed by atoms with Gasteiger partial charge in [0.25, 0.3) is 0 Å². The summed E-state index contributed by atoms with van der Waals surface area (Å²) in [5, 5.41) is 11.9. The summed E-state index contributed by atoms with van der Waals surface area (Å²) in [6.07, 6.45) is 1.32. The zero-order valence-electron chi connectivity index (χ0n) is 12.2. The van der Waals surface area contributed by atoms with Crippen LogP contribution in [0, 0.1) is 0 Å². The number of alkyl halides is 3. The predicted molar refractivity (Wildman–Crippen MR) is 79.8 cm³/mol. The molecule has 1 atom stereocenters. The molecular formula is C16H20F3NO2. The standard InChI is InChI=1S/C16H20F3NO2/c1-2-3-4-5-6-7-14(15(21)22)20-13-10-8-12(9-11-13)16(17,18)19/h2,8-11,14,20H,1,3-7H2,(H,21,22). The molecule has 0 spiro atoms. The largest absolute Gasteiger partial charge is 0.480 e. The van der Waals surface area contributed by atoms with E-state index in [1.165, 1.54) is 12.1 Å². The van der Waals surface area contributed by atoms with Gasteiger partial charge >= 0.3 is 12.1 Å². The lowest BCUT2D eigenvalue weighted by Crippen LogP contribution is -2.29. The molecule has 0 aliphatic rings. The number of rotatable bonds is 9. The number of nitrogens with one attached hydrogen (secondary N) is 1. The van der Waals surface area contributed by atoms with Crippen molar-refractivity contribution < 1.29 is 23.1 Å². The number of benzene rings is 1. The third kappa shape index (κ3) is 6.20. The maximum absolute atomic E-state index is 12.5. The van der Waals surface area contributed by atoms with Gasteiger partial charge in [0.1, 0.15) is 6.04 Å². The molecule has 0 aromatic heterocycles. The van der Waals surface area contributed by atoms with Crippen LogP contribution >= 0.6 is 0 Å². The first-order chi connectivity index (χ1) is 10.3. The van der Waals surface area contributed by atoms with Crippen molar-refractivity contribution in [3.8, 4) is 0 Å². The highest BCUT2D eigenvalue weighted by Gasteiger charge is 2.30. The van der Waals surface area contributed by atoms with Crippen LogP contribution in [-0.4, -0.2) is 17.1 Å². The van der Waals surface area contributed by atoms with Gasteiger partial charge in [-0.05, 0) is 43.5 Å². The zero-order valence-corrected chi connectivity index (χ0v) is 12.2. The molecule has 6 heteroatoms. The van der Waals surface area contributed by atoms with Gasteiger partial charge in [-0.1, -0.05) is 18.9 Å². The lowest BCUT2D eigenvalue weighted by molar-refractivity contribution is -0.138. The second kappa shape index (κ2) is 8.46.